The highest BCUT2D eigenvalue weighted by Crippen LogP contribution is 2.18. The van der Waals surface area contributed by atoms with Crippen molar-refractivity contribution in [3.8, 4) is 5.75 Å². The quantitative estimate of drug-likeness (QED) is 0.568. The van der Waals surface area contributed by atoms with Crippen LogP contribution in [-0.4, -0.2) is 12.7 Å². The molecule has 1 aliphatic rings. The number of rotatable bonds is 0. The van der Waals surface area contributed by atoms with Crippen LogP contribution in [0, 0.1) is 0 Å². The second kappa shape index (κ2) is 3.17. The molecule has 0 N–H and O–H groups in total. The van der Waals surface area contributed by atoms with Gasteiger partial charge in [0.25, 0.3) is 0 Å². The van der Waals surface area contributed by atoms with E-state index in [-0.39, 0.29) is 0 Å². The Morgan fingerprint density at radius 1 is 1.25 bits per heavy atom. The molecule has 0 bridgehead atoms. The van der Waals surface area contributed by atoms with E-state index in [0.717, 1.165) is 11.3 Å². The zero-order chi connectivity index (χ0) is 8.23. The summed E-state index contributed by atoms with van der Waals surface area (Å²) in [6, 6.07) is 7.79. The highest BCUT2D eigenvalue weighted by Gasteiger charge is 2.00. The van der Waals surface area contributed by atoms with Gasteiger partial charge < -0.3 is 4.74 Å². The number of ether oxygens (including phenoxy) is 1. The molecule has 0 aliphatic carbocycles. The first-order valence-corrected chi connectivity index (χ1v) is 3.71. The SMILES string of the molecule is C1=N\C=N/Cc2ccccc2O/1. The summed E-state index contributed by atoms with van der Waals surface area (Å²) in [6.07, 6.45) is 2.89. The standard InChI is InChI=1S/C9H8N2O/c1-2-4-9-8(3-1)5-10-6-11-7-12-9/h1-4,6-7H,5H2/b10-6-,11-7-. The molecule has 1 aromatic rings. The zero-order valence-electron chi connectivity index (χ0n) is 6.47. The summed E-state index contributed by atoms with van der Waals surface area (Å²) in [6.45, 7) is 0.632. The Balaban J connectivity index is 2.40. The molecule has 0 spiro atoms. The van der Waals surface area contributed by atoms with Gasteiger partial charge in [-0.2, -0.15) is 0 Å². The largest absolute Gasteiger partial charge is 0.445 e. The van der Waals surface area contributed by atoms with Gasteiger partial charge in [0, 0.05) is 5.56 Å². The Morgan fingerprint density at radius 2 is 2.17 bits per heavy atom. The van der Waals surface area contributed by atoms with Crippen molar-refractivity contribution >= 4 is 12.7 Å². The Hall–Kier alpha value is -1.64. The molecular formula is C9H8N2O. The van der Waals surface area contributed by atoms with Crippen LogP contribution in [0.2, 0.25) is 0 Å². The van der Waals surface area contributed by atoms with Crippen molar-refractivity contribution in [1.82, 2.24) is 0 Å². The normalized spacial score (nSPS) is 19.7. The van der Waals surface area contributed by atoms with E-state index in [1.54, 1.807) is 0 Å². The smallest absolute Gasteiger partial charge is 0.182 e. The van der Waals surface area contributed by atoms with Crippen molar-refractivity contribution in [1.29, 1.82) is 0 Å². The van der Waals surface area contributed by atoms with Gasteiger partial charge in [-0.25, -0.2) is 4.99 Å². The maximum Gasteiger partial charge on any atom is 0.182 e. The van der Waals surface area contributed by atoms with Gasteiger partial charge in [-0.3, -0.25) is 4.99 Å². The van der Waals surface area contributed by atoms with Crippen molar-refractivity contribution in [3.05, 3.63) is 29.8 Å². The summed E-state index contributed by atoms with van der Waals surface area (Å²) in [4.78, 5) is 7.86. The number of nitrogens with zero attached hydrogens (tertiary/aromatic N) is 2. The number of fused-ring (bicyclic) bond motifs is 1. The van der Waals surface area contributed by atoms with Gasteiger partial charge >= 0.3 is 0 Å². The second-order valence-corrected chi connectivity index (χ2v) is 2.44. The van der Waals surface area contributed by atoms with E-state index in [4.69, 9.17) is 4.74 Å². The van der Waals surface area contributed by atoms with Crippen LogP contribution in [0.4, 0.5) is 0 Å². The van der Waals surface area contributed by atoms with Crippen molar-refractivity contribution in [3.63, 3.8) is 0 Å². The summed E-state index contributed by atoms with van der Waals surface area (Å²) >= 11 is 0. The number of aliphatic imine (C=N–C) groups is 2. The van der Waals surface area contributed by atoms with Crippen molar-refractivity contribution in [2.75, 3.05) is 0 Å². The molecule has 12 heavy (non-hydrogen) atoms. The molecule has 3 heteroatoms. The lowest BCUT2D eigenvalue weighted by atomic mass is 10.2. The van der Waals surface area contributed by atoms with Crippen LogP contribution >= 0.6 is 0 Å². The number of para-hydroxylation sites is 1. The van der Waals surface area contributed by atoms with Gasteiger partial charge in [0.15, 0.2) is 6.40 Å². The molecule has 1 aromatic carbocycles. The molecule has 0 fully saturated rings. The molecule has 0 atom stereocenters. The van der Waals surface area contributed by atoms with E-state index in [2.05, 4.69) is 9.98 Å². The van der Waals surface area contributed by atoms with Gasteiger partial charge in [-0.05, 0) is 6.07 Å². The third kappa shape index (κ3) is 1.34. The van der Waals surface area contributed by atoms with Crippen LogP contribution in [0.1, 0.15) is 5.56 Å². The van der Waals surface area contributed by atoms with Crippen LogP contribution < -0.4 is 4.74 Å². The van der Waals surface area contributed by atoms with E-state index < -0.39 is 0 Å². The van der Waals surface area contributed by atoms with E-state index in [0.29, 0.717) is 6.54 Å². The van der Waals surface area contributed by atoms with Crippen molar-refractivity contribution < 1.29 is 4.74 Å². The fraction of sp³-hybridized carbons (Fsp3) is 0.111. The molecule has 3 nitrogen and oxygen atoms in total. The monoisotopic (exact) mass is 160 g/mol. The molecule has 0 radical (unpaired) electrons. The van der Waals surface area contributed by atoms with E-state index in [9.17, 15) is 0 Å². The minimum absolute atomic E-state index is 0.632. The molecule has 0 unspecified atom stereocenters. The van der Waals surface area contributed by atoms with Gasteiger partial charge in [0.2, 0.25) is 0 Å². The summed E-state index contributed by atoms with van der Waals surface area (Å²) < 4.78 is 5.25. The maximum atomic E-state index is 5.25. The average molecular weight is 160 g/mol. The number of hydrogen-bond donors (Lipinski definition) is 0. The van der Waals surface area contributed by atoms with Gasteiger partial charge in [0.05, 0.1) is 6.54 Å². The lowest BCUT2D eigenvalue weighted by Gasteiger charge is -2.05. The fourth-order valence-corrected chi connectivity index (χ4v) is 1.05. The first kappa shape index (κ1) is 7.03. The maximum absolute atomic E-state index is 5.25. The molecule has 1 heterocycles. The van der Waals surface area contributed by atoms with E-state index in [1.807, 2.05) is 24.3 Å². The van der Waals surface area contributed by atoms with Gasteiger partial charge in [-0.1, -0.05) is 18.2 Å². The fourth-order valence-electron chi connectivity index (χ4n) is 1.05. The zero-order valence-corrected chi connectivity index (χ0v) is 6.47. The Morgan fingerprint density at radius 3 is 3.17 bits per heavy atom. The van der Waals surface area contributed by atoms with Gasteiger partial charge in [-0.15, -0.1) is 0 Å². The van der Waals surface area contributed by atoms with Crippen molar-refractivity contribution in [2.24, 2.45) is 9.98 Å². The predicted octanol–water partition coefficient (Wildman–Crippen LogP) is 1.64. The topological polar surface area (TPSA) is 34.0 Å². The lowest BCUT2D eigenvalue weighted by Crippen LogP contribution is -1.97. The lowest BCUT2D eigenvalue weighted by molar-refractivity contribution is 0.564. The summed E-state index contributed by atoms with van der Waals surface area (Å²) in [5.74, 6) is 0.832. The summed E-state index contributed by atoms with van der Waals surface area (Å²) in [5.41, 5.74) is 1.08. The Kier molecular flexibility index (Phi) is 1.86. The number of benzene rings is 1. The predicted molar refractivity (Wildman–Crippen MR) is 47.8 cm³/mol. The van der Waals surface area contributed by atoms with Crippen LogP contribution in [0.3, 0.4) is 0 Å². The van der Waals surface area contributed by atoms with E-state index >= 15 is 0 Å². The molecule has 0 aromatic heterocycles. The first-order chi connectivity index (χ1) is 5.97. The third-order valence-electron chi connectivity index (χ3n) is 1.62. The molecule has 0 saturated carbocycles. The molecular weight excluding hydrogens is 152 g/mol. The highest BCUT2D eigenvalue weighted by atomic mass is 16.5. The molecule has 2 rings (SSSR count). The van der Waals surface area contributed by atoms with Crippen LogP contribution in [0.15, 0.2) is 34.3 Å². The molecule has 1 aliphatic heterocycles. The molecule has 60 valence electrons. The van der Waals surface area contributed by atoms with Crippen molar-refractivity contribution in [2.45, 2.75) is 6.54 Å². The second-order valence-electron chi connectivity index (χ2n) is 2.44. The number of hydrogen-bond acceptors (Lipinski definition) is 3. The Labute approximate surface area is 70.4 Å². The minimum Gasteiger partial charge on any atom is -0.445 e. The molecule has 0 amide bonds. The molecule has 0 saturated heterocycles. The average Bonchev–Trinajstić information content (AvgIpc) is 2.06. The van der Waals surface area contributed by atoms with E-state index in [1.165, 1.54) is 12.7 Å². The van der Waals surface area contributed by atoms with Crippen LogP contribution in [0.5, 0.6) is 5.75 Å². The summed E-state index contributed by atoms with van der Waals surface area (Å²) in [7, 11) is 0. The van der Waals surface area contributed by atoms with Crippen LogP contribution in [-0.2, 0) is 6.54 Å². The highest BCUT2D eigenvalue weighted by molar-refractivity contribution is 5.70. The summed E-state index contributed by atoms with van der Waals surface area (Å²) in [5, 5.41) is 0. The third-order valence-corrected chi connectivity index (χ3v) is 1.62. The van der Waals surface area contributed by atoms with Crippen LogP contribution in [0.25, 0.3) is 0 Å². The van der Waals surface area contributed by atoms with Gasteiger partial charge in [0.1, 0.15) is 12.1 Å². The Bertz CT molecular complexity index is 298. The first-order valence-electron chi connectivity index (χ1n) is 3.71. The minimum atomic E-state index is 0.632.